The van der Waals surface area contributed by atoms with Crippen molar-refractivity contribution < 1.29 is 27.9 Å². The zero-order valence-electron chi connectivity index (χ0n) is 24.2. The Balaban J connectivity index is 1.65. The number of benzene rings is 2. The molecule has 0 saturated carbocycles. The Morgan fingerprint density at radius 2 is 1.86 bits per heavy atom. The molecule has 0 aliphatic rings. The lowest BCUT2D eigenvalue weighted by atomic mass is 10.1. The number of carbonyl (C=O) groups excluding carboxylic acids is 1. The summed E-state index contributed by atoms with van der Waals surface area (Å²) in [6, 6.07) is 12.6. The van der Waals surface area contributed by atoms with Gasteiger partial charge in [-0.25, -0.2) is 14.5 Å². The van der Waals surface area contributed by atoms with E-state index in [1.54, 1.807) is 31.2 Å². The zero-order chi connectivity index (χ0) is 30.3. The molecule has 3 atom stereocenters. The maximum absolute atomic E-state index is 14.1. The Bertz CT molecular complexity index is 1560. The summed E-state index contributed by atoms with van der Waals surface area (Å²) in [5.41, 5.74) is 8.33. The number of esters is 1. The van der Waals surface area contributed by atoms with E-state index in [1.165, 1.54) is 0 Å². The van der Waals surface area contributed by atoms with Crippen molar-refractivity contribution in [2.24, 2.45) is 0 Å². The molecule has 13 heteroatoms. The molecule has 1 unspecified atom stereocenters. The standard InChI is InChI=1S/C29H37ClN5O6P/c1-5-7-16-39-29(36)20(4)34-42(37,41-22-14-12-21(30)13-15-22)40-17-19(3)35-25(18-38-6-2)33-26-27(35)23-10-8-9-11-24(23)32-28(26)31/h8-15,19-20H,5-7,16-18H2,1-4H3,(H2,31,32)(H,34,37)/t19-,20-,42?/m0/s1. The van der Waals surface area contributed by atoms with Crippen LogP contribution in [-0.2, 0) is 30.0 Å². The molecule has 42 heavy (non-hydrogen) atoms. The van der Waals surface area contributed by atoms with Crippen molar-refractivity contribution in [2.75, 3.05) is 25.6 Å². The molecular weight excluding hydrogens is 581 g/mol. The number of halogens is 1. The summed E-state index contributed by atoms with van der Waals surface area (Å²) >= 11 is 6.02. The van der Waals surface area contributed by atoms with Gasteiger partial charge in [0.05, 0.1) is 30.3 Å². The molecule has 0 radical (unpaired) electrons. The van der Waals surface area contributed by atoms with Crippen molar-refractivity contribution in [1.82, 2.24) is 19.6 Å². The second-order valence-corrected chi connectivity index (χ2v) is 11.9. The van der Waals surface area contributed by atoms with E-state index in [0.29, 0.717) is 34.3 Å². The zero-order valence-corrected chi connectivity index (χ0v) is 25.9. The lowest BCUT2D eigenvalue weighted by molar-refractivity contribution is -0.145. The van der Waals surface area contributed by atoms with Crippen LogP contribution in [0.2, 0.25) is 5.02 Å². The number of nitrogens with zero attached hydrogens (tertiary/aromatic N) is 3. The lowest BCUT2D eigenvalue weighted by Crippen LogP contribution is -2.35. The van der Waals surface area contributed by atoms with Gasteiger partial charge >= 0.3 is 13.7 Å². The van der Waals surface area contributed by atoms with E-state index in [0.717, 1.165) is 23.7 Å². The molecular formula is C29H37ClN5O6P. The number of nitrogens with one attached hydrogen (secondary N) is 1. The Kier molecular flexibility index (Phi) is 10.8. The van der Waals surface area contributed by atoms with Crippen molar-refractivity contribution in [3.05, 3.63) is 59.4 Å². The molecule has 2 aromatic carbocycles. The highest BCUT2D eigenvalue weighted by Crippen LogP contribution is 2.46. The summed E-state index contributed by atoms with van der Waals surface area (Å²) in [7, 11) is -4.11. The Morgan fingerprint density at radius 3 is 2.57 bits per heavy atom. The monoisotopic (exact) mass is 617 g/mol. The van der Waals surface area contributed by atoms with Crippen molar-refractivity contribution >= 4 is 53.1 Å². The SMILES string of the molecule is CCCCOC(=O)[C@H](C)NP(=O)(OC[C@H](C)n1c(COCC)nc2c(N)nc3ccccc3c21)Oc1ccc(Cl)cc1. The van der Waals surface area contributed by atoms with Gasteiger partial charge in [-0.15, -0.1) is 0 Å². The summed E-state index contributed by atoms with van der Waals surface area (Å²) in [5.74, 6) is 0.600. The Labute approximate surface area is 250 Å². The maximum Gasteiger partial charge on any atom is 0.459 e. The van der Waals surface area contributed by atoms with Crippen LogP contribution in [0.3, 0.4) is 0 Å². The number of hydrogen-bond acceptors (Lipinski definition) is 9. The normalized spacial score (nSPS) is 14.5. The predicted molar refractivity (Wildman–Crippen MR) is 164 cm³/mol. The predicted octanol–water partition coefficient (Wildman–Crippen LogP) is 6.44. The number of anilines is 1. The van der Waals surface area contributed by atoms with Crippen LogP contribution >= 0.6 is 19.3 Å². The third kappa shape index (κ3) is 7.59. The first-order valence-electron chi connectivity index (χ1n) is 13.9. The fourth-order valence-electron chi connectivity index (χ4n) is 4.38. The molecule has 0 spiro atoms. The van der Waals surface area contributed by atoms with Crippen LogP contribution in [0.1, 0.15) is 52.4 Å². The van der Waals surface area contributed by atoms with Crippen LogP contribution in [0, 0.1) is 0 Å². The van der Waals surface area contributed by atoms with Crippen molar-refractivity contribution in [3.8, 4) is 5.75 Å². The second kappa shape index (κ2) is 14.3. The molecule has 0 fully saturated rings. The van der Waals surface area contributed by atoms with Crippen molar-refractivity contribution in [3.63, 3.8) is 0 Å². The third-order valence-electron chi connectivity index (χ3n) is 6.48. The van der Waals surface area contributed by atoms with E-state index in [-0.39, 0.29) is 25.6 Å². The fourth-order valence-corrected chi connectivity index (χ4v) is 6.07. The van der Waals surface area contributed by atoms with E-state index < -0.39 is 25.8 Å². The second-order valence-electron chi connectivity index (χ2n) is 9.81. The minimum absolute atomic E-state index is 0.0728. The molecule has 4 aromatic rings. The van der Waals surface area contributed by atoms with Crippen LogP contribution in [-0.4, -0.2) is 46.4 Å². The average Bonchev–Trinajstić information content (AvgIpc) is 3.36. The highest BCUT2D eigenvalue weighted by molar-refractivity contribution is 7.52. The minimum atomic E-state index is -4.11. The van der Waals surface area contributed by atoms with Gasteiger partial charge in [-0.05, 0) is 57.5 Å². The third-order valence-corrected chi connectivity index (χ3v) is 8.37. The van der Waals surface area contributed by atoms with E-state index in [2.05, 4.69) is 10.1 Å². The fraction of sp³-hybridized carbons (Fsp3) is 0.414. The highest BCUT2D eigenvalue weighted by atomic mass is 35.5. The summed E-state index contributed by atoms with van der Waals surface area (Å²) in [6.45, 7) is 8.25. The molecule has 2 heterocycles. The topological polar surface area (TPSA) is 140 Å². The van der Waals surface area contributed by atoms with Gasteiger partial charge in [0.25, 0.3) is 0 Å². The smallest absolute Gasteiger partial charge is 0.459 e. The summed E-state index contributed by atoms with van der Waals surface area (Å²) in [5, 5.41) is 4.07. The van der Waals surface area contributed by atoms with Gasteiger partial charge in [0.15, 0.2) is 5.82 Å². The Hall–Kier alpha value is -3.21. The van der Waals surface area contributed by atoms with Gasteiger partial charge in [0.2, 0.25) is 0 Å². The first-order valence-corrected chi connectivity index (χ1v) is 15.8. The van der Waals surface area contributed by atoms with Gasteiger partial charge in [0, 0.05) is 17.0 Å². The van der Waals surface area contributed by atoms with Gasteiger partial charge in [-0.2, -0.15) is 5.09 Å². The molecule has 11 nitrogen and oxygen atoms in total. The van der Waals surface area contributed by atoms with Crippen LogP contribution in [0.4, 0.5) is 5.82 Å². The summed E-state index contributed by atoms with van der Waals surface area (Å²) < 4.78 is 38.9. The average molecular weight is 618 g/mol. The van der Waals surface area contributed by atoms with Gasteiger partial charge in [-0.3, -0.25) is 9.32 Å². The number of imidazole rings is 1. The van der Waals surface area contributed by atoms with E-state index >= 15 is 0 Å². The molecule has 4 rings (SSSR count). The maximum atomic E-state index is 14.1. The molecule has 2 aromatic heterocycles. The largest absolute Gasteiger partial charge is 0.465 e. The van der Waals surface area contributed by atoms with Crippen LogP contribution < -0.4 is 15.3 Å². The number of rotatable bonds is 15. The number of hydrogen-bond donors (Lipinski definition) is 2. The van der Waals surface area contributed by atoms with Gasteiger partial charge in [0.1, 0.15) is 29.7 Å². The number of nitrogen functional groups attached to an aromatic ring is 1. The number of unbranched alkanes of at least 4 members (excludes halogenated alkanes) is 1. The number of ether oxygens (including phenoxy) is 2. The van der Waals surface area contributed by atoms with Crippen LogP contribution in [0.15, 0.2) is 48.5 Å². The van der Waals surface area contributed by atoms with Gasteiger partial charge in [-0.1, -0.05) is 43.1 Å². The number of pyridine rings is 1. The van der Waals surface area contributed by atoms with Crippen molar-refractivity contribution in [2.45, 2.75) is 59.2 Å². The van der Waals surface area contributed by atoms with E-state index in [4.69, 9.17) is 40.8 Å². The number of carbonyl (C=O) groups is 1. The van der Waals surface area contributed by atoms with Crippen molar-refractivity contribution in [1.29, 1.82) is 0 Å². The number of para-hydroxylation sites is 1. The quantitative estimate of drug-likeness (QED) is 0.0869. The van der Waals surface area contributed by atoms with E-state index in [1.807, 2.05) is 49.6 Å². The van der Waals surface area contributed by atoms with Crippen LogP contribution in [0.25, 0.3) is 21.9 Å². The Morgan fingerprint density at radius 1 is 1.12 bits per heavy atom. The number of fused-ring (bicyclic) bond motifs is 3. The summed E-state index contributed by atoms with van der Waals surface area (Å²) in [6.07, 6.45) is 1.60. The molecule has 0 bridgehead atoms. The molecule has 3 N–H and O–H groups in total. The molecule has 0 saturated heterocycles. The minimum Gasteiger partial charge on any atom is -0.465 e. The molecule has 0 aliphatic heterocycles. The molecule has 226 valence electrons. The van der Waals surface area contributed by atoms with Crippen LogP contribution in [0.5, 0.6) is 5.75 Å². The van der Waals surface area contributed by atoms with Gasteiger partial charge < -0.3 is 24.3 Å². The first kappa shape index (κ1) is 31.7. The number of aromatic nitrogens is 3. The molecule has 0 aliphatic carbocycles. The lowest BCUT2D eigenvalue weighted by Gasteiger charge is -2.25. The first-order chi connectivity index (χ1) is 20.2. The highest BCUT2D eigenvalue weighted by Gasteiger charge is 2.33. The number of nitrogens with two attached hydrogens (primary N) is 1. The summed E-state index contributed by atoms with van der Waals surface area (Å²) in [4.78, 5) is 21.9. The molecule has 0 amide bonds. The van der Waals surface area contributed by atoms with E-state index in [9.17, 15) is 9.36 Å².